The third-order valence-corrected chi connectivity index (χ3v) is 4.80. The second kappa shape index (κ2) is 7.44. The van der Waals surface area contributed by atoms with Crippen molar-refractivity contribution in [3.05, 3.63) is 28.8 Å². The molecule has 25 heavy (non-hydrogen) atoms. The lowest BCUT2D eigenvalue weighted by molar-refractivity contribution is -0.149. The number of nitrogens with zero attached hydrogens (tertiary/aromatic N) is 2. The molecule has 1 fully saturated rings. The summed E-state index contributed by atoms with van der Waals surface area (Å²) < 4.78 is 0. The Labute approximate surface area is 153 Å². The number of carbonyl (C=O) groups excluding carboxylic acids is 3. The number of benzene rings is 1. The Morgan fingerprint density at radius 3 is 2.20 bits per heavy atom. The van der Waals surface area contributed by atoms with E-state index in [9.17, 15) is 14.4 Å². The fraction of sp³-hybridized carbons (Fsp3) is 0.500. The number of piperazine rings is 1. The van der Waals surface area contributed by atoms with Crippen LogP contribution in [0.3, 0.4) is 0 Å². The molecule has 0 spiro atoms. The van der Waals surface area contributed by atoms with E-state index in [1.807, 2.05) is 13.0 Å². The molecule has 6 nitrogen and oxygen atoms in total. The van der Waals surface area contributed by atoms with Gasteiger partial charge in [0.2, 0.25) is 17.7 Å². The SMILES string of the molecule is CC(=O)N1CCN(C(=O)C(C)(C)C(=O)Nc2cc(Cl)ccc2C)CC1. The van der Waals surface area contributed by atoms with Gasteiger partial charge in [-0.2, -0.15) is 0 Å². The van der Waals surface area contributed by atoms with Crippen LogP contribution in [0, 0.1) is 12.3 Å². The number of amides is 3. The summed E-state index contributed by atoms with van der Waals surface area (Å²) in [5.74, 6) is -0.620. The van der Waals surface area contributed by atoms with Gasteiger partial charge in [-0.05, 0) is 38.5 Å². The first-order valence-electron chi connectivity index (χ1n) is 8.25. The Kier molecular flexibility index (Phi) is 5.72. The fourth-order valence-electron chi connectivity index (χ4n) is 2.72. The van der Waals surface area contributed by atoms with Crippen LogP contribution in [0.15, 0.2) is 18.2 Å². The number of aryl methyl sites for hydroxylation is 1. The molecule has 0 saturated carbocycles. The summed E-state index contributed by atoms with van der Waals surface area (Å²) in [6.07, 6.45) is 0. The number of carbonyl (C=O) groups is 3. The normalized spacial score (nSPS) is 15.1. The maximum absolute atomic E-state index is 12.8. The van der Waals surface area contributed by atoms with Gasteiger partial charge in [-0.25, -0.2) is 0 Å². The van der Waals surface area contributed by atoms with Crippen LogP contribution in [0.5, 0.6) is 0 Å². The van der Waals surface area contributed by atoms with Gasteiger partial charge in [-0.15, -0.1) is 0 Å². The van der Waals surface area contributed by atoms with Gasteiger partial charge in [0.25, 0.3) is 0 Å². The van der Waals surface area contributed by atoms with Gasteiger partial charge in [0.05, 0.1) is 0 Å². The number of nitrogens with one attached hydrogen (secondary N) is 1. The summed E-state index contributed by atoms with van der Waals surface area (Å²) in [5, 5.41) is 3.32. The summed E-state index contributed by atoms with van der Waals surface area (Å²) in [6.45, 7) is 8.46. The van der Waals surface area contributed by atoms with E-state index in [1.165, 1.54) is 6.92 Å². The van der Waals surface area contributed by atoms with E-state index in [4.69, 9.17) is 11.6 Å². The zero-order valence-electron chi connectivity index (χ0n) is 15.1. The molecular weight excluding hydrogens is 342 g/mol. The summed E-state index contributed by atoms with van der Waals surface area (Å²) in [5.41, 5.74) is 0.253. The molecule has 0 aliphatic carbocycles. The second-order valence-electron chi connectivity index (χ2n) is 6.84. The number of rotatable bonds is 3. The van der Waals surface area contributed by atoms with E-state index in [2.05, 4.69) is 5.32 Å². The van der Waals surface area contributed by atoms with Gasteiger partial charge in [0, 0.05) is 43.8 Å². The summed E-state index contributed by atoms with van der Waals surface area (Å²) >= 11 is 5.98. The molecule has 1 aromatic rings. The van der Waals surface area contributed by atoms with Gasteiger partial charge in [-0.1, -0.05) is 17.7 Å². The minimum absolute atomic E-state index is 0.000494. The van der Waals surface area contributed by atoms with Crippen LogP contribution in [0.4, 0.5) is 5.69 Å². The van der Waals surface area contributed by atoms with Crippen molar-refractivity contribution in [1.82, 2.24) is 9.80 Å². The molecular formula is C18H24ClN3O3. The quantitative estimate of drug-likeness (QED) is 0.835. The van der Waals surface area contributed by atoms with Crippen molar-refractivity contribution in [3.8, 4) is 0 Å². The zero-order valence-corrected chi connectivity index (χ0v) is 15.8. The molecule has 1 aliphatic heterocycles. The summed E-state index contributed by atoms with van der Waals surface area (Å²) in [7, 11) is 0. The van der Waals surface area contributed by atoms with Gasteiger partial charge in [0.1, 0.15) is 5.41 Å². The maximum atomic E-state index is 12.8. The molecule has 7 heteroatoms. The topological polar surface area (TPSA) is 69.7 Å². The molecule has 1 aliphatic rings. The van der Waals surface area contributed by atoms with Crippen LogP contribution < -0.4 is 5.32 Å². The highest BCUT2D eigenvalue weighted by Gasteiger charge is 2.40. The third-order valence-electron chi connectivity index (χ3n) is 4.56. The lowest BCUT2D eigenvalue weighted by atomic mass is 9.89. The smallest absolute Gasteiger partial charge is 0.239 e. The van der Waals surface area contributed by atoms with Gasteiger partial charge in [0.15, 0.2) is 0 Å². The lowest BCUT2D eigenvalue weighted by Crippen LogP contribution is -2.55. The van der Waals surface area contributed by atoms with E-state index in [0.29, 0.717) is 36.9 Å². The number of hydrogen-bond donors (Lipinski definition) is 1. The van der Waals surface area contributed by atoms with Crippen molar-refractivity contribution >= 4 is 35.0 Å². The zero-order chi connectivity index (χ0) is 18.8. The van der Waals surface area contributed by atoms with Crippen LogP contribution in [-0.4, -0.2) is 53.7 Å². The first-order chi connectivity index (χ1) is 11.6. The highest BCUT2D eigenvalue weighted by Crippen LogP contribution is 2.26. The second-order valence-corrected chi connectivity index (χ2v) is 7.27. The highest BCUT2D eigenvalue weighted by molar-refractivity contribution is 6.31. The van der Waals surface area contributed by atoms with E-state index < -0.39 is 5.41 Å². The summed E-state index contributed by atoms with van der Waals surface area (Å²) in [4.78, 5) is 40.2. The van der Waals surface area contributed by atoms with Crippen LogP contribution in [0.2, 0.25) is 5.02 Å². The first kappa shape index (κ1) is 19.2. The van der Waals surface area contributed by atoms with Crippen LogP contribution in [0.25, 0.3) is 0 Å². The minimum Gasteiger partial charge on any atom is -0.339 e. The minimum atomic E-state index is -1.22. The third kappa shape index (κ3) is 4.31. The molecule has 1 saturated heterocycles. The van der Waals surface area contributed by atoms with Gasteiger partial charge in [-0.3, -0.25) is 14.4 Å². The standard InChI is InChI=1S/C18H24ClN3O3/c1-12-5-6-14(19)11-15(12)20-16(24)18(3,4)17(25)22-9-7-21(8-10-22)13(2)23/h5-6,11H,7-10H2,1-4H3,(H,20,24). The Bertz CT molecular complexity index is 695. The molecule has 2 rings (SSSR count). The van der Waals surface area contributed by atoms with Crippen molar-refractivity contribution in [2.24, 2.45) is 5.41 Å². The largest absolute Gasteiger partial charge is 0.339 e. The molecule has 3 amide bonds. The van der Waals surface area contributed by atoms with E-state index >= 15 is 0 Å². The van der Waals surface area contributed by atoms with Crippen molar-refractivity contribution in [3.63, 3.8) is 0 Å². The van der Waals surface area contributed by atoms with Crippen molar-refractivity contribution < 1.29 is 14.4 Å². The molecule has 1 heterocycles. The first-order valence-corrected chi connectivity index (χ1v) is 8.63. The fourth-order valence-corrected chi connectivity index (χ4v) is 2.90. The number of hydrogen-bond acceptors (Lipinski definition) is 3. The Morgan fingerprint density at radius 2 is 1.64 bits per heavy atom. The van der Waals surface area contributed by atoms with Crippen LogP contribution in [-0.2, 0) is 14.4 Å². The molecule has 0 bridgehead atoms. The van der Waals surface area contributed by atoms with Crippen molar-refractivity contribution in [2.45, 2.75) is 27.7 Å². The average molecular weight is 366 g/mol. The molecule has 1 N–H and O–H groups in total. The molecule has 1 aromatic carbocycles. The molecule has 0 unspecified atom stereocenters. The average Bonchev–Trinajstić information content (AvgIpc) is 2.57. The predicted octanol–water partition coefficient (Wildman–Crippen LogP) is 2.30. The van der Waals surface area contributed by atoms with Gasteiger partial charge >= 0.3 is 0 Å². The molecule has 136 valence electrons. The van der Waals surface area contributed by atoms with Crippen molar-refractivity contribution in [2.75, 3.05) is 31.5 Å². The van der Waals surface area contributed by atoms with E-state index in [0.717, 1.165) is 5.56 Å². The monoisotopic (exact) mass is 365 g/mol. The van der Waals surface area contributed by atoms with E-state index in [1.54, 1.807) is 35.8 Å². The van der Waals surface area contributed by atoms with Crippen molar-refractivity contribution in [1.29, 1.82) is 0 Å². The van der Waals surface area contributed by atoms with Crippen LogP contribution >= 0.6 is 11.6 Å². The number of halogens is 1. The van der Waals surface area contributed by atoms with Crippen LogP contribution in [0.1, 0.15) is 26.3 Å². The maximum Gasteiger partial charge on any atom is 0.239 e. The molecule has 0 atom stereocenters. The highest BCUT2D eigenvalue weighted by atomic mass is 35.5. The van der Waals surface area contributed by atoms with Gasteiger partial charge < -0.3 is 15.1 Å². The Morgan fingerprint density at radius 1 is 1.08 bits per heavy atom. The predicted molar refractivity (Wildman–Crippen MR) is 97.4 cm³/mol. The molecule has 0 radical (unpaired) electrons. The summed E-state index contributed by atoms with van der Waals surface area (Å²) in [6, 6.07) is 5.23. The lowest BCUT2D eigenvalue weighted by Gasteiger charge is -2.37. The Hall–Kier alpha value is -2.08. The van der Waals surface area contributed by atoms with E-state index in [-0.39, 0.29) is 17.7 Å². The Balaban J connectivity index is 2.06. The molecule has 0 aromatic heterocycles. The number of anilines is 1.